The lowest BCUT2D eigenvalue weighted by Gasteiger charge is -2.14. The van der Waals surface area contributed by atoms with Crippen LogP contribution in [0.5, 0.6) is 0 Å². The van der Waals surface area contributed by atoms with Gasteiger partial charge in [-0.2, -0.15) is 5.10 Å². The largest absolute Gasteiger partial charge is 0.380 e. The van der Waals surface area contributed by atoms with Gasteiger partial charge >= 0.3 is 0 Å². The number of fused-ring (bicyclic) bond motifs is 1. The van der Waals surface area contributed by atoms with Gasteiger partial charge in [0.05, 0.1) is 24.2 Å². The van der Waals surface area contributed by atoms with Gasteiger partial charge in [-0.05, 0) is 26.8 Å². The predicted octanol–water partition coefficient (Wildman–Crippen LogP) is 2.11. The normalized spacial score (nSPS) is 12.9. The van der Waals surface area contributed by atoms with Crippen LogP contribution in [0.3, 0.4) is 0 Å². The first-order valence-corrected chi connectivity index (χ1v) is 6.25. The van der Waals surface area contributed by atoms with Crippen LogP contribution in [0, 0.1) is 6.92 Å². The minimum absolute atomic E-state index is 0.265. The first-order valence-electron chi connectivity index (χ1n) is 6.25. The Labute approximate surface area is 107 Å². The van der Waals surface area contributed by atoms with E-state index < -0.39 is 0 Å². The Kier molecular flexibility index (Phi) is 3.81. The minimum atomic E-state index is 0.265. The molecule has 0 spiro atoms. The van der Waals surface area contributed by atoms with E-state index in [9.17, 15) is 0 Å². The standard InChI is InChI=1S/C13H20N4O/c1-5-18-8-9(2)15-11-6-12-10(3)16-17(4)13(12)14-7-11/h6-7,9,15H,5,8H2,1-4H3. The van der Waals surface area contributed by atoms with Crippen molar-refractivity contribution in [3.63, 3.8) is 0 Å². The van der Waals surface area contributed by atoms with Crippen molar-refractivity contribution in [2.75, 3.05) is 18.5 Å². The Morgan fingerprint density at radius 3 is 3.00 bits per heavy atom. The predicted molar refractivity (Wildman–Crippen MR) is 72.8 cm³/mol. The van der Waals surface area contributed by atoms with Crippen LogP contribution in [0.1, 0.15) is 19.5 Å². The number of nitrogens with one attached hydrogen (secondary N) is 1. The molecule has 0 aliphatic carbocycles. The smallest absolute Gasteiger partial charge is 0.157 e. The minimum Gasteiger partial charge on any atom is -0.380 e. The summed E-state index contributed by atoms with van der Waals surface area (Å²) < 4.78 is 7.19. The highest BCUT2D eigenvalue weighted by Crippen LogP contribution is 2.19. The third-order valence-electron chi connectivity index (χ3n) is 2.85. The summed E-state index contributed by atoms with van der Waals surface area (Å²) in [6, 6.07) is 2.36. The van der Waals surface area contributed by atoms with Gasteiger partial charge in [-0.25, -0.2) is 4.98 Å². The molecule has 0 aliphatic rings. The molecule has 0 bridgehead atoms. The van der Waals surface area contributed by atoms with Gasteiger partial charge in [0.15, 0.2) is 5.65 Å². The number of aryl methyl sites for hydroxylation is 2. The molecule has 5 nitrogen and oxygen atoms in total. The molecule has 18 heavy (non-hydrogen) atoms. The van der Waals surface area contributed by atoms with Crippen molar-refractivity contribution in [1.82, 2.24) is 14.8 Å². The van der Waals surface area contributed by atoms with Gasteiger partial charge in [0.2, 0.25) is 0 Å². The Bertz CT molecular complexity index is 535. The maximum atomic E-state index is 5.38. The van der Waals surface area contributed by atoms with Crippen molar-refractivity contribution in [2.24, 2.45) is 7.05 Å². The van der Waals surface area contributed by atoms with Gasteiger partial charge in [-0.15, -0.1) is 0 Å². The quantitative estimate of drug-likeness (QED) is 0.880. The molecule has 2 heterocycles. The van der Waals surface area contributed by atoms with Gasteiger partial charge in [-0.3, -0.25) is 4.68 Å². The number of nitrogens with zero attached hydrogens (tertiary/aromatic N) is 3. The summed E-state index contributed by atoms with van der Waals surface area (Å²) in [6.45, 7) is 7.53. The monoisotopic (exact) mass is 248 g/mol. The van der Waals surface area contributed by atoms with Crippen molar-refractivity contribution in [3.05, 3.63) is 18.0 Å². The molecule has 0 aromatic carbocycles. The fourth-order valence-electron chi connectivity index (χ4n) is 2.01. The summed E-state index contributed by atoms with van der Waals surface area (Å²) in [7, 11) is 1.91. The summed E-state index contributed by atoms with van der Waals surface area (Å²) in [5, 5.41) is 8.83. The lowest BCUT2D eigenvalue weighted by atomic mass is 10.2. The SMILES string of the molecule is CCOCC(C)Nc1cnc2c(c1)c(C)nn2C. The Morgan fingerprint density at radius 2 is 2.28 bits per heavy atom. The zero-order valence-electron chi connectivity index (χ0n) is 11.4. The Balaban J connectivity index is 2.17. The second-order valence-electron chi connectivity index (χ2n) is 4.51. The third-order valence-corrected chi connectivity index (χ3v) is 2.85. The number of anilines is 1. The molecular weight excluding hydrogens is 228 g/mol. The first kappa shape index (κ1) is 12.8. The number of pyridine rings is 1. The fourth-order valence-corrected chi connectivity index (χ4v) is 2.01. The van der Waals surface area contributed by atoms with E-state index in [4.69, 9.17) is 4.74 Å². The van der Waals surface area contributed by atoms with Crippen molar-refractivity contribution in [1.29, 1.82) is 0 Å². The lowest BCUT2D eigenvalue weighted by Crippen LogP contribution is -2.21. The van der Waals surface area contributed by atoms with E-state index in [1.807, 2.05) is 27.1 Å². The van der Waals surface area contributed by atoms with Crippen LogP contribution >= 0.6 is 0 Å². The van der Waals surface area contributed by atoms with E-state index in [2.05, 4.69) is 28.4 Å². The molecule has 98 valence electrons. The van der Waals surface area contributed by atoms with Gasteiger partial charge in [-0.1, -0.05) is 0 Å². The first-order chi connectivity index (χ1) is 8.61. The summed E-state index contributed by atoms with van der Waals surface area (Å²) in [4.78, 5) is 4.43. The number of aromatic nitrogens is 3. The molecule has 0 amide bonds. The molecule has 0 radical (unpaired) electrons. The molecule has 0 saturated carbocycles. The Hall–Kier alpha value is -1.62. The average Bonchev–Trinajstić information content (AvgIpc) is 2.62. The third kappa shape index (κ3) is 2.61. The van der Waals surface area contributed by atoms with Crippen LogP contribution in [0.2, 0.25) is 0 Å². The second-order valence-corrected chi connectivity index (χ2v) is 4.51. The zero-order chi connectivity index (χ0) is 13.1. The summed E-state index contributed by atoms with van der Waals surface area (Å²) >= 11 is 0. The molecule has 0 saturated heterocycles. The maximum Gasteiger partial charge on any atom is 0.157 e. The van der Waals surface area contributed by atoms with Gasteiger partial charge in [0.25, 0.3) is 0 Å². The topological polar surface area (TPSA) is 52.0 Å². The highest BCUT2D eigenvalue weighted by atomic mass is 16.5. The molecular formula is C13H20N4O. The number of rotatable bonds is 5. The summed E-state index contributed by atoms with van der Waals surface area (Å²) in [5.74, 6) is 0. The van der Waals surface area contributed by atoms with Crippen LogP contribution in [0.15, 0.2) is 12.3 Å². The molecule has 5 heteroatoms. The average molecular weight is 248 g/mol. The van der Waals surface area contributed by atoms with E-state index in [0.29, 0.717) is 6.61 Å². The van der Waals surface area contributed by atoms with E-state index in [-0.39, 0.29) is 6.04 Å². The molecule has 1 unspecified atom stereocenters. The maximum absolute atomic E-state index is 5.38. The fraction of sp³-hybridized carbons (Fsp3) is 0.538. The van der Waals surface area contributed by atoms with Crippen molar-refractivity contribution in [2.45, 2.75) is 26.8 Å². The molecule has 0 aliphatic heterocycles. The van der Waals surface area contributed by atoms with Crippen molar-refractivity contribution in [3.8, 4) is 0 Å². The molecule has 1 atom stereocenters. The summed E-state index contributed by atoms with van der Waals surface area (Å²) in [6.07, 6.45) is 1.84. The van der Waals surface area contributed by atoms with Crippen molar-refractivity contribution < 1.29 is 4.74 Å². The molecule has 1 N–H and O–H groups in total. The van der Waals surface area contributed by atoms with Crippen LogP contribution in [0.4, 0.5) is 5.69 Å². The van der Waals surface area contributed by atoms with Crippen LogP contribution in [0.25, 0.3) is 11.0 Å². The van der Waals surface area contributed by atoms with E-state index in [1.54, 1.807) is 4.68 Å². The number of hydrogen-bond donors (Lipinski definition) is 1. The van der Waals surface area contributed by atoms with E-state index in [1.165, 1.54) is 0 Å². The second kappa shape index (κ2) is 5.35. The summed E-state index contributed by atoms with van der Waals surface area (Å²) in [5.41, 5.74) is 2.92. The van der Waals surface area contributed by atoms with Gasteiger partial charge in [0.1, 0.15) is 0 Å². The molecule has 0 fully saturated rings. The number of ether oxygens (including phenoxy) is 1. The van der Waals surface area contributed by atoms with Crippen LogP contribution < -0.4 is 5.32 Å². The highest BCUT2D eigenvalue weighted by Gasteiger charge is 2.08. The van der Waals surface area contributed by atoms with Crippen molar-refractivity contribution >= 4 is 16.7 Å². The highest BCUT2D eigenvalue weighted by molar-refractivity contribution is 5.81. The lowest BCUT2D eigenvalue weighted by molar-refractivity contribution is 0.141. The van der Waals surface area contributed by atoms with Gasteiger partial charge in [0, 0.05) is 25.1 Å². The van der Waals surface area contributed by atoms with E-state index >= 15 is 0 Å². The molecule has 2 aromatic heterocycles. The van der Waals surface area contributed by atoms with Crippen LogP contribution in [-0.2, 0) is 11.8 Å². The Morgan fingerprint density at radius 1 is 1.50 bits per heavy atom. The van der Waals surface area contributed by atoms with Crippen LogP contribution in [-0.4, -0.2) is 34.0 Å². The zero-order valence-corrected chi connectivity index (χ0v) is 11.4. The molecule has 2 rings (SSSR count). The van der Waals surface area contributed by atoms with E-state index in [0.717, 1.165) is 29.0 Å². The molecule has 2 aromatic rings. The van der Waals surface area contributed by atoms with Gasteiger partial charge < -0.3 is 10.1 Å². The number of hydrogen-bond acceptors (Lipinski definition) is 4.